The Kier molecular flexibility index (Phi) is 8.02. The van der Waals surface area contributed by atoms with E-state index in [-0.39, 0.29) is 12.0 Å². The summed E-state index contributed by atoms with van der Waals surface area (Å²) in [6.45, 7) is 14.1. The van der Waals surface area contributed by atoms with Crippen molar-refractivity contribution in [3.63, 3.8) is 0 Å². The van der Waals surface area contributed by atoms with Gasteiger partial charge >= 0.3 is 0 Å². The normalized spacial score (nSPS) is 15.6. The second-order valence-electron chi connectivity index (χ2n) is 4.53. The van der Waals surface area contributed by atoms with E-state index >= 15 is 0 Å². The smallest absolute Gasteiger partial charge is 0.0496 e. The minimum atomic E-state index is 0.0449. The van der Waals surface area contributed by atoms with E-state index in [2.05, 4.69) is 37.9 Å². The van der Waals surface area contributed by atoms with Crippen LogP contribution in [-0.4, -0.2) is 49.3 Å². The molecule has 0 aliphatic rings. The Balaban J connectivity index is 3.60. The molecule has 92 valence electrons. The van der Waals surface area contributed by atoms with Crippen LogP contribution in [0.2, 0.25) is 0 Å². The highest BCUT2D eigenvalue weighted by molar-refractivity contribution is 4.74. The number of likely N-dealkylation sites (N-methyl/N-ethyl adjacent to an activating group) is 1. The Bertz CT molecular complexity index is 143. The molecule has 0 aromatic carbocycles. The van der Waals surface area contributed by atoms with E-state index < -0.39 is 0 Å². The fourth-order valence-electron chi connectivity index (χ4n) is 1.46. The third-order valence-electron chi connectivity index (χ3n) is 3.29. The van der Waals surface area contributed by atoms with Crippen LogP contribution in [-0.2, 0) is 0 Å². The van der Waals surface area contributed by atoms with Gasteiger partial charge in [-0.15, -0.1) is 0 Å². The monoisotopic (exact) mass is 216 g/mol. The molecule has 1 atom stereocenters. The zero-order valence-electron chi connectivity index (χ0n) is 10.8. The minimum absolute atomic E-state index is 0.0449. The van der Waals surface area contributed by atoms with E-state index in [1.807, 2.05) is 0 Å². The van der Waals surface area contributed by atoms with Crippen LogP contribution < -0.4 is 5.32 Å². The van der Waals surface area contributed by atoms with Gasteiger partial charge in [0.15, 0.2) is 0 Å². The van der Waals surface area contributed by atoms with Gasteiger partial charge in [-0.3, -0.25) is 0 Å². The number of aliphatic hydroxyl groups is 1. The summed E-state index contributed by atoms with van der Waals surface area (Å²) >= 11 is 0. The molecular weight excluding hydrogens is 188 g/mol. The van der Waals surface area contributed by atoms with Crippen LogP contribution in [0.5, 0.6) is 0 Å². The quantitative estimate of drug-likeness (QED) is 0.571. The Labute approximate surface area is 94.9 Å². The summed E-state index contributed by atoms with van der Waals surface area (Å²) < 4.78 is 0. The highest BCUT2D eigenvalue weighted by Crippen LogP contribution is 2.17. The molecule has 1 unspecified atom stereocenters. The molecule has 0 amide bonds. The van der Waals surface area contributed by atoms with Gasteiger partial charge in [0.1, 0.15) is 0 Å². The van der Waals surface area contributed by atoms with Crippen molar-refractivity contribution >= 4 is 0 Å². The van der Waals surface area contributed by atoms with Crippen molar-refractivity contribution in [1.82, 2.24) is 10.2 Å². The number of nitrogens with one attached hydrogen (secondary N) is 1. The van der Waals surface area contributed by atoms with E-state index in [1.165, 1.54) is 0 Å². The van der Waals surface area contributed by atoms with Crippen LogP contribution >= 0.6 is 0 Å². The molecule has 0 bridgehead atoms. The van der Waals surface area contributed by atoms with Gasteiger partial charge in [-0.25, -0.2) is 0 Å². The Morgan fingerprint density at radius 3 is 2.20 bits per heavy atom. The van der Waals surface area contributed by atoms with Crippen LogP contribution in [0.4, 0.5) is 0 Å². The molecule has 0 heterocycles. The summed E-state index contributed by atoms with van der Waals surface area (Å²) in [5.41, 5.74) is 0.0449. The minimum Gasteiger partial charge on any atom is -0.396 e. The van der Waals surface area contributed by atoms with E-state index in [0.29, 0.717) is 0 Å². The van der Waals surface area contributed by atoms with Crippen molar-refractivity contribution in [2.45, 2.75) is 34.1 Å². The summed E-state index contributed by atoms with van der Waals surface area (Å²) in [4.78, 5) is 2.40. The summed E-state index contributed by atoms with van der Waals surface area (Å²) in [5, 5.41) is 12.7. The lowest BCUT2D eigenvalue weighted by Gasteiger charge is -2.27. The van der Waals surface area contributed by atoms with Gasteiger partial charge in [-0.05, 0) is 19.5 Å². The summed E-state index contributed by atoms with van der Waals surface area (Å²) in [5.74, 6) is 0. The van der Waals surface area contributed by atoms with Crippen molar-refractivity contribution in [2.75, 3.05) is 39.3 Å². The van der Waals surface area contributed by atoms with Gasteiger partial charge in [-0.1, -0.05) is 27.7 Å². The van der Waals surface area contributed by atoms with E-state index in [4.69, 9.17) is 0 Å². The molecule has 3 heteroatoms. The van der Waals surface area contributed by atoms with Gasteiger partial charge in [0.05, 0.1) is 0 Å². The van der Waals surface area contributed by atoms with Crippen molar-refractivity contribution in [2.24, 2.45) is 5.41 Å². The zero-order chi connectivity index (χ0) is 11.7. The summed E-state index contributed by atoms with van der Waals surface area (Å²) in [6.07, 6.45) is 1.02. The highest BCUT2D eigenvalue weighted by atomic mass is 16.3. The van der Waals surface area contributed by atoms with Crippen LogP contribution in [0.1, 0.15) is 34.1 Å². The number of hydrogen-bond acceptors (Lipinski definition) is 3. The van der Waals surface area contributed by atoms with E-state index in [0.717, 1.165) is 39.1 Å². The van der Waals surface area contributed by atoms with E-state index in [9.17, 15) is 5.11 Å². The third-order valence-corrected chi connectivity index (χ3v) is 3.29. The topological polar surface area (TPSA) is 35.5 Å². The molecule has 0 radical (unpaired) electrons. The van der Waals surface area contributed by atoms with Crippen LogP contribution in [0.25, 0.3) is 0 Å². The zero-order valence-corrected chi connectivity index (χ0v) is 10.8. The predicted molar refractivity (Wildman–Crippen MR) is 66.1 cm³/mol. The highest BCUT2D eigenvalue weighted by Gasteiger charge is 2.19. The van der Waals surface area contributed by atoms with Crippen molar-refractivity contribution in [3.8, 4) is 0 Å². The maximum Gasteiger partial charge on any atom is 0.0496 e. The molecule has 2 N–H and O–H groups in total. The molecule has 3 nitrogen and oxygen atoms in total. The first-order valence-electron chi connectivity index (χ1n) is 6.15. The van der Waals surface area contributed by atoms with Crippen LogP contribution in [0, 0.1) is 5.41 Å². The number of aliphatic hydroxyl groups excluding tert-OH is 1. The lowest BCUT2D eigenvalue weighted by Crippen LogP contribution is -2.38. The molecule has 0 fully saturated rings. The van der Waals surface area contributed by atoms with Gasteiger partial charge in [0, 0.05) is 31.7 Å². The number of nitrogens with zero attached hydrogens (tertiary/aromatic N) is 1. The van der Waals surface area contributed by atoms with Crippen molar-refractivity contribution in [3.05, 3.63) is 0 Å². The lowest BCUT2D eigenvalue weighted by molar-refractivity contribution is 0.134. The SMILES string of the molecule is CCN(CC)CCNCC(C)(CC)CO. The third kappa shape index (κ3) is 6.13. The molecule has 0 saturated carbocycles. The second-order valence-corrected chi connectivity index (χ2v) is 4.53. The maximum absolute atomic E-state index is 9.24. The molecule has 0 aromatic heterocycles. The first-order valence-corrected chi connectivity index (χ1v) is 6.15. The van der Waals surface area contributed by atoms with Gasteiger partial charge in [-0.2, -0.15) is 0 Å². The first-order chi connectivity index (χ1) is 7.11. The van der Waals surface area contributed by atoms with Crippen LogP contribution in [0.15, 0.2) is 0 Å². The molecular formula is C12H28N2O. The average Bonchev–Trinajstić information content (AvgIpc) is 2.29. The molecule has 0 aliphatic heterocycles. The number of rotatable bonds is 9. The fourth-order valence-corrected chi connectivity index (χ4v) is 1.46. The van der Waals surface area contributed by atoms with Crippen LogP contribution in [0.3, 0.4) is 0 Å². The fraction of sp³-hybridized carbons (Fsp3) is 1.00. The lowest BCUT2D eigenvalue weighted by atomic mass is 9.89. The maximum atomic E-state index is 9.24. The Hall–Kier alpha value is -0.120. The number of hydrogen-bond donors (Lipinski definition) is 2. The van der Waals surface area contributed by atoms with E-state index in [1.54, 1.807) is 0 Å². The first kappa shape index (κ1) is 14.9. The second kappa shape index (κ2) is 8.08. The average molecular weight is 216 g/mol. The predicted octanol–water partition coefficient (Wildman–Crippen LogP) is 1.33. The molecule has 0 spiro atoms. The Morgan fingerprint density at radius 2 is 1.80 bits per heavy atom. The van der Waals surface area contributed by atoms with Gasteiger partial charge in [0.25, 0.3) is 0 Å². The molecule has 0 aromatic rings. The Morgan fingerprint density at radius 1 is 1.20 bits per heavy atom. The molecule has 0 rings (SSSR count). The van der Waals surface area contributed by atoms with Crippen molar-refractivity contribution in [1.29, 1.82) is 0 Å². The molecule has 0 saturated heterocycles. The summed E-state index contributed by atoms with van der Waals surface area (Å²) in [7, 11) is 0. The summed E-state index contributed by atoms with van der Waals surface area (Å²) in [6, 6.07) is 0. The largest absolute Gasteiger partial charge is 0.396 e. The van der Waals surface area contributed by atoms with Gasteiger partial charge in [0.2, 0.25) is 0 Å². The molecule has 15 heavy (non-hydrogen) atoms. The standard InChI is InChI=1S/C12H28N2O/c1-5-12(4,11-15)10-13-8-9-14(6-2)7-3/h13,15H,5-11H2,1-4H3. The van der Waals surface area contributed by atoms with Crippen molar-refractivity contribution < 1.29 is 5.11 Å². The molecule has 0 aliphatic carbocycles. The van der Waals surface area contributed by atoms with Gasteiger partial charge < -0.3 is 15.3 Å².